The largest absolute Gasteiger partial charge is 0.394 e. The molecule has 0 spiro atoms. The van der Waals surface area contributed by atoms with E-state index in [9.17, 15) is 10.2 Å². The van der Waals surface area contributed by atoms with E-state index in [1.807, 2.05) is 30.3 Å². The molecule has 0 amide bonds. The molecule has 3 heterocycles. The Hall–Kier alpha value is -2.55. The van der Waals surface area contributed by atoms with Crippen molar-refractivity contribution >= 4 is 17.0 Å². The van der Waals surface area contributed by atoms with Gasteiger partial charge in [-0.2, -0.15) is 0 Å². The van der Waals surface area contributed by atoms with Gasteiger partial charge >= 0.3 is 0 Å². The fourth-order valence-corrected chi connectivity index (χ4v) is 3.02. The van der Waals surface area contributed by atoms with Crippen LogP contribution in [0.4, 0.5) is 5.82 Å². The maximum absolute atomic E-state index is 9.93. The highest BCUT2D eigenvalue weighted by molar-refractivity contribution is 5.82. The van der Waals surface area contributed by atoms with Gasteiger partial charge in [0.1, 0.15) is 18.7 Å². The number of nitrogens with one attached hydrogen (secondary N) is 1. The normalized spacial score (nSPS) is 23.2. The monoisotopic (exact) mass is 341 g/mol. The van der Waals surface area contributed by atoms with Crippen LogP contribution >= 0.6 is 0 Å². The summed E-state index contributed by atoms with van der Waals surface area (Å²) in [6, 6.07) is 10.0. The van der Waals surface area contributed by atoms with Crippen LogP contribution in [-0.2, 0) is 11.3 Å². The van der Waals surface area contributed by atoms with Gasteiger partial charge in [-0.05, 0) is 5.56 Å². The second-order valence-corrected chi connectivity index (χ2v) is 6.00. The first kappa shape index (κ1) is 15.9. The molecule has 2 aromatic heterocycles. The van der Waals surface area contributed by atoms with Gasteiger partial charge in [0.25, 0.3) is 0 Å². The second-order valence-electron chi connectivity index (χ2n) is 6.00. The number of nitrogens with zero attached hydrogens (tertiary/aromatic N) is 4. The second kappa shape index (κ2) is 6.75. The molecule has 8 heteroatoms. The summed E-state index contributed by atoms with van der Waals surface area (Å²) in [5, 5.41) is 22.5. The zero-order valence-electron chi connectivity index (χ0n) is 13.5. The van der Waals surface area contributed by atoms with Gasteiger partial charge in [-0.25, -0.2) is 15.0 Å². The Morgan fingerprint density at radius 2 is 2.04 bits per heavy atom. The van der Waals surface area contributed by atoms with Gasteiger partial charge in [0.2, 0.25) is 0 Å². The number of aliphatic hydroxyl groups excluding tert-OH is 2. The quantitative estimate of drug-likeness (QED) is 0.638. The van der Waals surface area contributed by atoms with Crippen LogP contribution in [0.1, 0.15) is 18.2 Å². The van der Waals surface area contributed by atoms with Crippen molar-refractivity contribution in [3.05, 3.63) is 48.5 Å². The lowest BCUT2D eigenvalue weighted by Gasteiger charge is -2.13. The van der Waals surface area contributed by atoms with Crippen LogP contribution < -0.4 is 5.32 Å². The highest BCUT2D eigenvalue weighted by Gasteiger charge is 2.35. The summed E-state index contributed by atoms with van der Waals surface area (Å²) in [4.78, 5) is 13.0. The Morgan fingerprint density at radius 1 is 1.20 bits per heavy atom. The number of benzene rings is 1. The molecular formula is C17H19N5O3. The molecule has 0 saturated carbocycles. The van der Waals surface area contributed by atoms with E-state index >= 15 is 0 Å². The molecule has 1 fully saturated rings. The van der Waals surface area contributed by atoms with E-state index < -0.39 is 18.4 Å². The molecule has 1 unspecified atom stereocenters. The number of rotatable bonds is 5. The molecule has 1 saturated heterocycles. The first-order chi connectivity index (χ1) is 12.3. The summed E-state index contributed by atoms with van der Waals surface area (Å²) in [6.07, 6.45) is 1.79. The molecule has 3 N–H and O–H groups in total. The van der Waals surface area contributed by atoms with Crippen LogP contribution in [0.25, 0.3) is 11.2 Å². The molecule has 25 heavy (non-hydrogen) atoms. The van der Waals surface area contributed by atoms with Gasteiger partial charge in [0.05, 0.1) is 19.0 Å². The van der Waals surface area contributed by atoms with Crippen molar-refractivity contribution in [2.45, 2.75) is 31.4 Å². The summed E-state index contributed by atoms with van der Waals surface area (Å²) in [5.41, 5.74) is 2.41. The van der Waals surface area contributed by atoms with E-state index in [1.165, 1.54) is 6.33 Å². The van der Waals surface area contributed by atoms with Crippen LogP contribution in [0.2, 0.25) is 0 Å². The molecule has 0 radical (unpaired) electrons. The highest BCUT2D eigenvalue weighted by atomic mass is 16.5. The van der Waals surface area contributed by atoms with Crippen molar-refractivity contribution in [1.82, 2.24) is 19.5 Å². The van der Waals surface area contributed by atoms with Gasteiger partial charge in [0.15, 0.2) is 17.0 Å². The van der Waals surface area contributed by atoms with Crippen molar-refractivity contribution in [1.29, 1.82) is 0 Å². The molecule has 3 aromatic rings. The lowest BCUT2D eigenvalue weighted by Crippen LogP contribution is -2.24. The summed E-state index contributed by atoms with van der Waals surface area (Å²) in [5.74, 6) is 0.643. The van der Waals surface area contributed by atoms with Gasteiger partial charge in [-0.3, -0.25) is 4.57 Å². The van der Waals surface area contributed by atoms with E-state index in [2.05, 4.69) is 20.3 Å². The number of hydrogen-bond donors (Lipinski definition) is 3. The smallest absolute Gasteiger partial charge is 0.167 e. The Labute approximate surface area is 144 Å². The van der Waals surface area contributed by atoms with Crippen molar-refractivity contribution in [2.75, 3.05) is 11.9 Å². The fraction of sp³-hybridized carbons (Fsp3) is 0.353. The zero-order valence-corrected chi connectivity index (χ0v) is 13.5. The predicted octanol–water partition coefficient (Wildman–Crippen LogP) is 1.08. The maximum atomic E-state index is 9.93. The standard InChI is InChI=1S/C17H19N5O3/c23-8-13-12(24)6-14(25-13)22-10-21-15-16(19-9-20-17(15)22)18-7-11-4-2-1-3-5-11/h1-5,9-10,12-14,23-24H,6-8H2,(H,18,19,20)/t12-,13+,14?/m1/s1. The summed E-state index contributed by atoms with van der Waals surface area (Å²) >= 11 is 0. The molecule has 4 rings (SSSR count). The Morgan fingerprint density at radius 3 is 2.80 bits per heavy atom. The maximum Gasteiger partial charge on any atom is 0.167 e. The highest BCUT2D eigenvalue weighted by Crippen LogP contribution is 2.31. The number of imidazole rings is 1. The number of ether oxygens (including phenoxy) is 1. The third kappa shape index (κ3) is 3.07. The molecule has 1 aromatic carbocycles. The van der Waals surface area contributed by atoms with Gasteiger partial charge in [0, 0.05) is 13.0 Å². The fourth-order valence-electron chi connectivity index (χ4n) is 3.02. The third-order valence-corrected chi connectivity index (χ3v) is 4.36. The summed E-state index contributed by atoms with van der Waals surface area (Å²) in [6.45, 7) is 0.411. The van der Waals surface area contributed by atoms with Crippen LogP contribution in [0.5, 0.6) is 0 Å². The average molecular weight is 341 g/mol. The Balaban J connectivity index is 1.58. The van der Waals surface area contributed by atoms with Gasteiger partial charge in [-0.15, -0.1) is 0 Å². The van der Waals surface area contributed by atoms with Crippen molar-refractivity contribution in [3.63, 3.8) is 0 Å². The minimum Gasteiger partial charge on any atom is -0.394 e. The number of anilines is 1. The average Bonchev–Trinajstić information content (AvgIpc) is 3.24. The first-order valence-electron chi connectivity index (χ1n) is 8.16. The Bertz CT molecular complexity index is 854. The van der Waals surface area contributed by atoms with Crippen molar-refractivity contribution in [3.8, 4) is 0 Å². The zero-order chi connectivity index (χ0) is 17.2. The summed E-state index contributed by atoms with van der Waals surface area (Å²) < 4.78 is 7.45. The molecule has 8 nitrogen and oxygen atoms in total. The van der Waals surface area contributed by atoms with Crippen LogP contribution in [0, 0.1) is 0 Å². The van der Waals surface area contributed by atoms with Crippen LogP contribution in [0.3, 0.4) is 0 Å². The van der Waals surface area contributed by atoms with Gasteiger partial charge < -0.3 is 20.3 Å². The molecular weight excluding hydrogens is 322 g/mol. The number of aliphatic hydroxyl groups is 2. The topological polar surface area (TPSA) is 105 Å². The molecule has 1 aliphatic rings. The van der Waals surface area contributed by atoms with E-state index in [0.29, 0.717) is 29.9 Å². The lowest BCUT2D eigenvalue weighted by atomic mass is 10.2. The minimum atomic E-state index is -0.704. The number of fused-ring (bicyclic) bond motifs is 1. The SMILES string of the molecule is OC[C@@H]1OC(n2cnc3c(NCc4ccccc4)ncnc32)C[C@H]1O. The Kier molecular flexibility index (Phi) is 4.31. The van der Waals surface area contributed by atoms with E-state index in [1.54, 1.807) is 10.9 Å². The molecule has 1 aliphatic heterocycles. The molecule has 130 valence electrons. The molecule has 0 aliphatic carbocycles. The third-order valence-electron chi connectivity index (χ3n) is 4.36. The lowest BCUT2D eigenvalue weighted by molar-refractivity contribution is -0.0432. The first-order valence-corrected chi connectivity index (χ1v) is 8.16. The number of hydrogen-bond acceptors (Lipinski definition) is 7. The number of aromatic nitrogens is 4. The van der Waals surface area contributed by atoms with Crippen molar-refractivity contribution in [2.24, 2.45) is 0 Å². The summed E-state index contributed by atoms with van der Waals surface area (Å²) in [7, 11) is 0. The predicted molar refractivity (Wildman–Crippen MR) is 90.7 cm³/mol. The van der Waals surface area contributed by atoms with Crippen molar-refractivity contribution < 1.29 is 14.9 Å². The van der Waals surface area contributed by atoms with E-state index in [0.717, 1.165) is 5.56 Å². The van der Waals surface area contributed by atoms with Crippen LogP contribution in [0.15, 0.2) is 43.0 Å². The molecule has 0 bridgehead atoms. The van der Waals surface area contributed by atoms with E-state index in [-0.39, 0.29) is 6.61 Å². The minimum absolute atomic E-state index is 0.219. The van der Waals surface area contributed by atoms with Crippen LogP contribution in [-0.4, -0.2) is 48.5 Å². The molecule has 3 atom stereocenters. The van der Waals surface area contributed by atoms with E-state index in [4.69, 9.17) is 4.74 Å². The van der Waals surface area contributed by atoms with Gasteiger partial charge in [-0.1, -0.05) is 30.3 Å².